The van der Waals surface area contributed by atoms with Crippen LogP contribution in [0.1, 0.15) is 17.9 Å². The number of nitro groups is 1. The Morgan fingerprint density at radius 2 is 1.94 bits per heavy atom. The van der Waals surface area contributed by atoms with E-state index in [1.165, 1.54) is 0 Å². The molecule has 2 aliphatic rings. The van der Waals surface area contributed by atoms with Crippen molar-refractivity contribution in [2.75, 3.05) is 0 Å². The number of nitrogens with zero attached hydrogens (tertiary/aromatic N) is 1. The van der Waals surface area contributed by atoms with Gasteiger partial charge in [0, 0.05) is 20.9 Å². The lowest BCUT2D eigenvalue weighted by atomic mass is 9.83. The van der Waals surface area contributed by atoms with Crippen molar-refractivity contribution in [2.45, 2.75) is 18.4 Å². The molecule has 3 nitrogen and oxygen atoms in total. The van der Waals surface area contributed by atoms with E-state index in [1.54, 1.807) is 12.1 Å². The zero-order valence-electron chi connectivity index (χ0n) is 9.42. The number of benzene rings is 1. The molecule has 0 spiro atoms. The SMILES string of the molecule is O=[N+]([O-])C1C2C=CC(C2)C1c1ccc(Cl)cc1Cl. The molecule has 2 aliphatic carbocycles. The monoisotopic (exact) mass is 283 g/mol. The molecule has 0 saturated heterocycles. The Morgan fingerprint density at radius 1 is 1.22 bits per heavy atom. The summed E-state index contributed by atoms with van der Waals surface area (Å²) in [5.74, 6) is 0.144. The van der Waals surface area contributed by atoms with Gasteiger partial charge in [-0.05, 0) is 30.0 Å². The Labute approximate surface area is 115 Å². The van der Waals surface area contributed by atoms with E-state index < -0.39 is 6.04 Å². The highest BCUT2D eigenvalue weighted by molar-refractivity contribution is 6.35. The molecule has 1 fully saturated rings. The van der Waals surface area contributed by atoms with Crippen LogP contribution in [0.4, 0.5) is 0 Å². The van der Waals surface area contributed by atoms with Crippen LogP contribution in [0.5, 0.6) is 0 Å². The normalized spacial score (nSPS) is 33.0. The Hall–Kier alpha value is -1.06. The van der Waals surface area contributed by atoms with Crippen LogP contribution in [-0.2, 0) is 0 Å². The summed E-state index contributed by atoms with van der Waals surface area (Å²) < 4.78 is 0. The molecule has 1 saturated carbocycles. The molecule has 1 aromatic rings. The van der Waals surface area contributed by atoms with E-state index >= 15 is 0 Å². The molecule has 18 heavy (non-hydrogen) atoms. The Morgan fingerprint density at radius 3 is 2.61 bits per heavy atom. The number of allylic oxidation sites excluding steroid dienone is 1. The molecule has 0 aliphatic heterocycles. The molecule has 0 aromatic heterocycles. The molecule has 1 aromatic carbocycles. The van der Waals surface area contributed by atoms with Crippen molar-refractivity contribution in [3.63, 3.8) is 0 Å². The number of rotatable bonds is 2. The largest absolute Gasteiger partial charge is 0.264 e. The van der Waals surface area contributed by atoms with Crippen LogP contribution in [-0.4, -0.2) is 11.0 Å². The van der Waals surface area contributed by atoms with E-state index in [1.807, 2.05) is 12.1 Å². The molecule has 5 heteroatoms. The average Bonchev–Trinajstić information content (AvgIpc) is 2.88. The topological polar surface area (TPSA) is 43.1 Å². The summed E-state index contributed by atoms with van der Waals surface area (Å²) in [5.41, 5.74) is 0.847. The number of hydrogen-bond acceptors (Lipinski definition) is 2. The van der Waals surface area contributed by atoms with Crippen molar-refractivity contribution in [1.29, 1.82) is 0 Å². The van der Waals surface area contributed by atoms with E-state index in [2.05, 4.69) is 6.08 Å². The van der Waals surface area contributed by atoms with Gasteiger partial charge in [-0.25, -0.2) is 0 Å². The number of hydrogen-bond donors (Lipinski definition) is 0. The van der Waals surface area contributed by atoms with Gasteiger partial charge in [-0.15, -0.1) is 0 Å². The average molecular weight is 284 g/mol. The molecule has 0 amide bonds. The standard InChI is InChI=1S/C13H11Cl2NO2/c14-9-3-4-10(11(15)6-9)12-7-1-2-8(5-7)13(12)16(17)18/h1-4,6-8,12-13H,5H2. The van der Waals surface area contributed by atoms with Gasteiger partial charge >= 0.3 is 0 Å². The van der Waals surface area contributed by atoms with E-state index in [4.69, 9.17) is 23.2 Å². The molecule has 4 atom stereocenters. The first kappa shape index (κ1) is 12.0. The van der Waals surface area contributed by atoms with E-state index in [0.717, 1.165) is 12.0 Å². The van der Waals surface area contributed by atoms with Crippen molar-refractivity contribution < 1.29 is 4.92 Å². The minimum absolute atomic E-state index is 0.0433. The zero-order valence-corrected chi connectivity index (χ0v) is 10.9. The summed E-state index contributed by atoms with van der Waals surface area (Å²) in [4.78, 5) is 11.1. The molecule has 0 N–H and O–H groups in total. The highest BCUT2D eigenvalue weighted by atomic mass is 35.5. The van der Waals surface area contributed by atoms with Crippen LogP contribution in [0.15, 0.2) is 30.4 Å². The van der Waals surface area contributed by atoms with Gasteiger partial charge in [0.1, 0.15) is 0 Å². The fourth-order valence-corrected chi connectivity index (χ4v) is 3.80. The molecule has 0 radical (unpaired) electrons. The van der Waals surface area contributed by atoms with Crippen LogP contribution < -0.4 is 0 Å². The van der Waals surface area contributed by atoms with Gasteiger partial charge < -0.3 is 0 Å². The quantitative estimate of drug-likeness (QED) is 0.469. The van der Waals surface area contributed by atoms with Gasteiger partial charge in [0.15, 0.2) is 0 Å². The molecule has 2 bridgehead atoms. The van der Waals surface area contributed by atoms with Crippen LogP contribution in [0.2, 0.25) is 10.0 Å². The summed E-state index contributed by atoms with van der Waals surface area (Å²) in [6, 6.07) is 4.67. The first-order valence-electron chi connectivity index (χ1n) is 5.84. The highest BCUT2D eigenvalue weighted by Gasteiger charge is 2.52. The van der Waals surface area contributed by atoms with Crippen LogP contribution in [0.25, 0.3) is 0 Å². The first-order valence-corrected chi connectivity index (χ1v) is 6.60. The molecular weight excluding hydrogens is 273 g/mol. The predicted octanol–water partition coefficient (Wildman–Crippen LogP) is 3.93. The van der Waals surface area contributed by atoms with E-state index in [9.17, 15) is 10.1 Å². The number of fused-ring (bicyclic) bond motifs is 2. The second-order valence-corrected chi connectivity index (χ2v) is 5.76. The van der Waals surface area contributed by atoms with Crippen molar-refractivity contribution in [3.8, 4) is 0 Å². The van der Waals surface area contributed by atoms with Gasteiger partial charge in [-0.2, -0.15) is 0 Å². The van der Waals surface area contributed by atoms with Gasteiger partial charge in [-0.3, -0.25) is 10.1 Å². The fraction of sp³-hybridized carbons (Fsp3) is 0.385. The van der Waals surface area contributed by atoms with Crippen molar-refractivity contribution >= 4 is 23.2 Å². The smallest absolute Gasteiger partial charge is 0.226 e. The lowest BCUT2D eigenvalue weighted by Crippen LogP contribution is -2.31. The maximum Gasteiger partial charge on any atom is 0.226 e. The third-order valence-electron chi connectivity index (χ3n) is 3.98. The third-order valence-corrected chi connectivity index (χ3v) is 4.55. The van der Waals surface area contributed by atoms with Crippen LogP contribution in [0.3, 0.4) is 0 Å². The van der Waals surface area contributed by atoms with Gasteiger partial charge in [0.05, 0.1) is 5.92 Å². The second kappa shape index (κ2) is 4.25. The van der Waals surface area contributed by atoms with Crippen molar-refractivity contribution in [3.05, 3.63) is 56.1 Å². The summed E-state index contributed by atoms with van der Waals surface area (Å²) >= 11 is 12.1. The minimum Gasteiger partial charge on any atom is -0.264 e. The Bertz CT molecular complexity index is 544. The van der Waals surface area contributed by atoms with Gasteiger partial charge in [0.2, 0.25) is 6.04 Å². The van der Waals surface area contributed by atoms with Gasteiger partial charge in [-0.1, -0.05) is 41.4 Å². The molecule has 4 unspecified atom stereocenters. The highest BCUT2D eigenvalue weighted by Crippen LogP contribution is 2.51. The number of halogens is 2. The van der Waals surface area contributed by atoms with Crippen molar-refractivity contribution in [2.24, 2.45) is 11.8 Å². The van der Waals surface area contributed by atoms with E-state index in [-0.39, 0.29) is 22.7 Å². The Balaban J connectivity index is 2.05. The molecule has 94 valence electrons. The van der Waals surface area contributed by atoms with Crippen molar-refractivity contribution in [1.82, 2.24) is 0 Å². The second-order valence-electron chi connectivity index (χ2n) is 4.92. The Kier molecular flexibility index (Phi) is 2.83. The molecular formula is C13H11Cl2NO2. The zero-order chi connectivity index (χ0) is 12.9. The maximum atomic E-state index is 11.3. The molecule has 3 rings (SSSR count). The van der Waals surface area contributed by atoms with Gasteiger partial charge in [0.25, 0.3) is 0 Å². The molecule has 0 heterocycles. The summed E-state index contributed by atoms with van der Waals surface area (Å²) in [5, 5.41) is 12.3. The lowest BCUT2D eigenvalue weighted by Gasteiger charge is -2.23. The summed E-state index contributed by atoms with van der Waals surface area (Å²) in [7, 11) is 0. The summed E-state index contributed by atoms with van der Waals surface area (Å²) in [6.45, 7) is 0. The van der Waals surface area contributed by atoms with E-state index in [0.29, 0.717) is 10.0 Å². The van der Waals surface area contributed by atoms with Crippen LogP contribution in [0, 0.1) is 22.0 Å². The summed E-state index contributed by atoms with van der Waals surface area (Å²) in [6.07, 6.45) is 4.91. The predicted molar refractivity (Wildman–Crippen MR) is 70.7 cm³/mol. The minimum atomic E-state index is -0.557. The maximum absolute atomic E-state index is 11.3. The lowest BCUT2D eigenvalue weighted by molar-refractivity contribution is -0.530. The fourth-order valence-electron chi connectivity index (χ4n) is 3.27. The van der Waals surface area contributed by atoms with Crippen LogP contribution >= 0.6 is 23.2 Å². The first-order chi connectivity index (χ1) is 8.58. The third kappa shape index (κ3) is 1.73.